The molecule has 0 saturated heterocycles. The lowest BCUT2D eigenvalue weighted by Crippen LogP contribution is -2.27. The molecule has 1 aliphatic heterocycles. The van der Waals surface area contributed by atoms with E-state index in [9.17, 15) is 9.59 Å². The van der Waals surface area contributed by atoms with Crippen molar-refractivity contribution in [2.75, 3.05) is 18.0 Å². The Morgan fingerprint density at radius 3 is 2.82 bits per heavy atom. The Kier molecular flexibility index (Phi) is 3.24. The summed E-state index contributed by atoms with van der Waals surface area (Å²) in [6, 6.07) is 5.45. The van der Waals surface area contributed by atoms with Crippen molar-refractivity contribution in [1.29, 1.82) is 0 Å². The number of benzene rings is 1. The third-order valence-electron chi connectivity index (χ3n) is 3.09. The Balaban J connectivity index is 2.32. The van der Waals surface area contributed by atoms with E-state index in [-0.39, 0.29) is 18.2 Å². The van der Waals surface area contributed by atoms with Crippen molar-refractivity contribution in [3.63, 3.8) is 0 Å². The van der Waals surface area contributed by atoms with Gasteiger partial charge in [0.05, 0.1) is 6.54 Å². The van der Waals surface area contributed by atoms with Gasteiger partial charge in [-0.3, -0.25) is 9.59 Å². The fourth-order valence-electron chi connectivity index (χ4n) is 2.14. The maximum absolute atomic E-state index is 11.7. The summed E-state index contributed by atoms with van der Waals surface area (Å²) in [7, 11) is 0. The second kappa shape index (κ2) is 4.67. The first-order chi connectivity index (χ1) is 8.17. The summed E-state index contributed by atoms with van der Waals surface area (Å²) in [4.78, 5) is 25.0. The van der Waals surface area contributed by atoms with Gasteiger partial charge >= 0.3 is 0 Å². The standard InChI is InChI=1S/C13H16N2O2/c1-2-13(17)15-6-5-9-7-10(12(16)8-14)3-4-11(9)15/h3-4,7H,2,5-6,8,14H2,1H3. The van der Waals surface area contributed by atoms with Crippen LogP contribution < -0.4 is 10.6 Å². The summed E-state index contributed by atoms with van der Waals surface area (Å²) >= 11 is 0. The van der Waals surface area contributed by atoms with Crippen molar-refractivity contribution in [2.45, 2.75) is 19.8 Å². The quantitative estimate of drug-likeness (QED) is 0.794. The van der Waals surface area contributed by atoms with Gasteiger partial charge in [0.2, 0.25) is 5.91 Å². The summed E-state index contributed by atoms with van der Waals surface area (Å²) < 4.78 is 0. The Morgan fingerprint density at radius 2 is 2.18 bits per heavy atom. The van der Waals surface area contributed by atoms with E-state index < -0.39 is 0 Å². The van der Waals surface area contributed by atoms with Crippen LogP contribution in [0.25, 0.3) is 0 Å². The van der Waals surface area contributed by atoms with Crippen LogP contribution >= 0.6 is 0 Å². The third kappa shape index (κ3) is 2.08. The van der Waals surface area contributed by atoms with E-state index in [1.54, 1.807) is 11.0 Å². The van der Waals surface area contributed by atoms with Gasteiger partial charge < -0.3 is 10.6 Å². The molecule has 0 spiro atoms. The van der Waals surface area contributed by atoms with Gasteiger partial charge in [-0.2, -0.15) is 0 Å². The summed E-state index contributed by atoms with van der Waals surface area (Å²) in [6.07, 6.45) is 1.32. The van der Waals surface area contributed by atoms with E-state index in [1.165, 1.54) is 0 Å². The highest BCUT2D eigenvalue weighted by Gasteiger charge is 2.24. The molecule has 0 unspecified atom stereocenters. The lowest BCUT2D eigenvalue weighted by Gasteiger charge is -2.16. The maximum atomic E-state index is 11.7. The SMILES string of the molecule is CCC(=O)N1CCc2cc(C(=O)CN)ccc21. The predicted octanol–water partition coefficient (Wildman–Crippen LogP) is 1.13. The Hall–Kier alpha value is -1.68. The highest BCUT2D eigenvalue weighted by Crippen LogP contribution is 2.29. The Bertz CT molecular complexity index is 468. The molecule has 90 valence electrons. The summed E-state index contributed by atoms with van der Waals surface area (Å²) in [5, 5.41) is 0. The predicted molar refractivity (Wildman–Crippen MR) is 66.2 cm³/mol. The zero-order valence-electron chi connectivity index (χ0n) is 9.90. The molecule has 2 rings (SSSR count). The minimum atomic E-state index is -0.0620. The van der Waals surface area contributed by atoms with E-state index in [0.717, 1.165) is 17.7 Å². The van der Waals surface area contributed by atoms with Crippen LogP contribution in [0.3, 0.4) is 0 Å². The first-order valence-electron chi connectivity index (χ1n) is 5.84. The molecular formula is C13H16N2O2. The molecule has 0 bridgehead atoms. The fourth-order valence-corrected chi connectivity index (χ4v) is 2.14. The molecule has 4 nitrogen and oxygen atoms in total. The van der Waals surface area contributed by atoms with Crippen molar-refractivity contribution in [3.8, 4) is 0 Å². The number of rotatable bonds is 3. The number of carbonyl (C=O) groups is 2. The molecule has 0 atom stereocenters. The molecule has 1 aromatic rings. The minimum Gasteiger partial charge on any atom is -0.324 e. The van der Waals surface area contributed by atoms with Crippen molar-refractivity contribution < 1.29 is 9.59 Å². The van der Waals surface area contributed by atoms with Crippen LogP contribution in [-0.4, -0.2) is 24.8 Å². The van der Waals surface area contributed by atoms with Crippen LogP contribution in [0.2, 0.25) is 0 Å². The second-order valence-electron chi connectivity index (χ2n) is 4.12. The number of nitrogens with two attached hydrogens (primary N) is 1. The van der Waals surface area contributed by atoms with Gasteiger partial charge in [-0.05, 0) is 30.2 Å². The molecule has 0 aromatic heterocycles. The van der Waals surface area contributed by atoms with E-state index >= 15 is 0 Å². The minimum absolute atomic E-state index is 0.0242. The van der Waals surface area contributed by atoms with Crippen LogP contribution in [-0.2, 0) is 11.2 Å². The number of ketones is 1. The first kappa shape index (κ1) is 11.8. The first-order valence-corrected chi connectivity index (χ1v) is 5.84. The van der Waals surface area contributed by atoms with E-state index in [2.05, 4.69) is 0 Å². The highest BCUT2D eigenvalue weighted by atomic mass is 16.2. The number of nitrogens with zero attached hydrogens (tertiary/aromatic N) is 1. The summed E-state index contributed by atoms with van der Waals surface area (Å²) in [5.74, 6) is 0.0646. The van der Waals surface area contributed by atoms with Gasteiger partial charge in [-0.1, -0.05) is 6.92 Å². The van der Waals surface area contributed by atoms with Crippen LogP contribution in [0.1, 0.15) is 29.3 Å². The molecule has 0 fully saturated rings. The zero-order chi connectivity index (χ0) is 12.4. The molecule has 1 aromatic carbocycles. The van der Waals surface area contributed by atoms with Crippen molar-refractivity contribution in [1.82, 2.24) is 0 Å². The van der Waals surface area contributed by atoms with Gasteiger partial charge in [0.25, 0.3) is 0 Å². The molecule has 4 heteroatoms. The third-order valence-corrected chi connectivity index (χ3v) is 3.09. The Labute approximate surface area is 100 Å². The molecule has 2 N–H and O–H groups in total. The molecular weight excluding hydrogens is 216 g/mol. The van der Waals surface area contributed by atoms with Crippen LogP contribution in [0.15, 0.2) is 18.2 Å². The number of anilines is 1. The van der Waals surface area contributed by atoms with Crippen molar-refractivity contribution in [3.05, 3.63) is 29.3 Å². The number of fused-ring (bicyclic) bond motifs is 1. The van der Waals surface area contributed by atoms with E-state index in [1.807, 2.05) is 19.1 Å². The number of Topliss-reactive ketones (excluding diaryl/α,β-unsaturated/α-hetero) is 1. The molecule has 0 saturated carbocycles. The average molecular weight is 232 g/mol. The van der Waals surface area contributed by atoms with Gasteiger partial charge in [0.15, 0.2) is 5.78 Å². The molecule has 17 heavy (non-hydrogen) atoms. The monoisotopic (exact) mass is 232 g/mol. The largest absolute Gasteiger partial charge is 0.324 e. The van der Waals surface area contributed by atoms with Crippen molar-refractivity contribution in [2.24, 2.45) is 5.73 Å². The Morgan fingerprint density at radius 1 is 1.41 bits per heavy atom. The zero-order valence-corrected chi connectivity index (χ0v) is 9.90. The molecule has 0 aliphatic carbocycles. The maximum Gasteiger partial charge on any atom is 0.226 e. The molecule has 1 aliphatic rings. The van der Waals surface area contributed by atoms with Crippen molar-refractivity contribution >= 4 is 17.4 Å². The lowest BCUT2D eigenvalue weighted by molar-refractivity contribution is -0.118. The molecule has 1 heterocycles. The fraction of sp³-hybridized carbons (Fsp3) is 0.385. The van der Waals surface area contributed by atoms with Crippen LogP contribution in [0, 0.1) is 0 Å². The van der Waals surface area contributed by atoms with Crippen LogP contribution in [0.5, 0.6) is 0 Å². The molecule has 1 amide bonds. The van der Waals surface area contributed by atoms with Gasteiger partial charge in [-0.15, -0.1) is 0 Å². The van der Waals surface area contributed by atoms with E-state index in [4.69, 9.17) is 5.73 Å². The highest BCUT2D eigenvalue weighted by molar-refractivity contribution is 6.00. The lowest BCUT2D eigenvalue weighted by atomic mass is 10.1. The van der Waals surface area contributed by atoms with E-state index in [0.29, 0.717) is 18.5 Å². The number of hydrogen-bond donors (Lipinski definition) is 1. The average Bonchev–Trinajstić information content (AvgIpc) is 2.79. The van der Waals surface area contributed by atoms with Gasteiger partial charge in [0, 0.05) is 24.2 Å². The van der Waals surface area contributed by atoms with Gasteiger partial charge in [0.1, 0.15) is 0 Å². The second-order valence-corrected chi connectivity index (χ2v) is 4.12. The van der Waals surface area contributed by atoms with Crippen LogP contribution in [0.4, 0.5) is 5.69 Å². The molecule has 0 radical (unpaired) electrons. The number of amides is 1. The summed E-state index contributed by atoms with van der Waals surface area (Å²) in [5.41, 5.74) is 7.97. The normalized spacial score (nSPS) is 13.6. The topological polar surface area (TPSA) is 63.4 Å². The number of hydrogen-bond acceptors (Lipinski definition) is 3. The van der Waals surface area contributed by atoms with Gasteiger partial charge in [-0.25, -0.2) is 0 Å². The summed E-state index contributed by atoms with van der Waals surface area (Å²) in [6.45, 7) is 2.59. The smallest absolute Gasteiger partial charge is 0.226 e. The number of carbonyl (C=O) groups excluding carboxylic acids is 2.